The summed E-state index contributed by atoms with van der Waals surface area (Å²) in [5, 5.41) is 0.0220. The number of rotatable bonds is 1. The number of ketones is 1. The molecule has 0 saturated carbocycles. The molecule has 90 valence electrons. The number of Topliss-reactive ketones (excluding diaryl/α,β-unsaturated/α-hetero) is 1. The number of halogens is 5. The van der Waals surface area contributed by atoms with Gasteiger partial charge in [-0.25, -0.2) is 4.39 Å². The minimum absolute atomic E-state index is 0.0220. The van der Waals surface area contributed by atoms with Crippen molar-refractivity contribution in [2.24, 2.45) is 0 Å². The van der Waals surface area contributed by atoms with Crippen LogP contribution < -0.4 is 0 Å². The van der Waals surface area contributed by atoms with Crippen molar-refractivity contribution in [3.8, 4) is 0 Å². The van der Waals surface area contributed by atoms with E-state index in [0.717, 1.165) is 18.3 Å². The molecule has 0 spiro atoms. The third-order valence-corrected chi connectivity index (χ3v) is 2.82. The Hall–Kier alpha value is -1.37. The van der Waals surface area contributed by atoms with Crippen LogP contribution in [0, 0.1) is 5.82 Å². The molecule has 17 heavy (non-hydrogen) atoms. The van der Waals surface area contributed by atoms with E-state index in [1.807, 2.05) is 0 Å². The fourth-order valence-electron chi connectivity index (χ4n) is 1.52. The van der Waals surface area contributed by atoms with Crippen LogP contribution in [0.4, 0.5) is 17.6 Å². The quantitative estimate of drug-likeness (QED) is 0.630. The molecule has 1 N–H and O–H groups in total. The Morgan fingerprint density at radius 2 is 1.94 bits per heavy atom. The van der Waals surface area contributed by atoms with Crippen molar-refractivity contribution in [2.45, 2.75) is 6.18 Å². The lowest BCUT2D eigenvalue weighted by Crippen LogP contribution is -2.22. The minimum Gasteiger partial charge on any atom is -0.360 e. The predicted octanol–water partition coefficient (Wildman–Crippen LogP) is 3.81. The van der Waals surface area contributed by atoms with Crippen LogP contribution >= 0.6 is 15.9 Å². The van der Waals surface area contributed by atoms with Crippen LogP contribution in [-0.4, -0.2) is 16.9 Å². The molecular weight excluding hydrogens is 306 g/mol. The molecule has 0 atom stereocenters. The standard InChI is InChI=1S/C10H4BrF4NO/c11-6-1-4(12)2-7-8(6)5(3-16-7)9(17)10(13,14)15/h1-3,16H. The second-order valence-corrected chi connectivity index (χ2v) is 4.19. The van der Waals surface area contributed by atoms with Gasteiger partial charge in [-0.05, 0) is 28.1 Å². The van der Waals surface area contributed by atoms with Crippen LogP contribution in [0.1, 0.15) is 10.4 Å². The van der Waals surface area contributed by atoms with Crippen LogP contribution in [0.5, 0.6) is 0 Å². The van der Waals surface area contributed by atoms with Crippen LogP contribution in [0.15, 0.2) is 22.8 Å². The van der Waals surface area contributed by atoms with E-state index in [-0.39, 0.29) is 15.4 Å². The van der Waals surface area contributed by atoms with Crippen molar-refractivity contribution in [3.05, 3.63) is 34.2 Å². The number of carbonyl (C=O) groups excluding carboxylic acids is 1. The Bertz CT molecular complexity index is 602. The molecule has 1 aromatic carbocycles. The third-order valence-electron chi connectivity index (χ3n) is 2.20. The lowest BCUT2D eigenvalue weighted by atomic mass is 10.1. The van der Waals surface area contributed by atoms with Gasteiger partial charge in [-0.15, -0.1) is 0 Å². The molecule has 0 aliphatic carbocycles. The molecule has 0 unspecified atom stereocenters. The first-order valence-electron chi connectivity index (χ1n) is 4.38. The van der Waals surface area contributed by atoms with Crippen molar-refractivity contribution in [2.75, 3.05) is 0 Å². The highest BCUT2D eigenvalue weighted by Gasteiger charge is 2.40. The number of carbonyl (C=O) groups is 1. The van der Waals surface area contributed by atoms with Crippen LogP contribution in [0.2, 0.25) is 0 Å². The zero-order chi connectivity index (χ0) is 12.8. The largest absolute Gasteiger partial charge is 0.454 e. The van der Waals surface area contributed by atoms with Crippen molar-refractivity contribution in [1.82, 2.24) is 4.98 Å². The highest BCUT2D eigenvalue weighted by atomic mass is 79.9. The number of aromatic amines is 1. The molecule has 1 heterocycles. The Morgan fingerprint density at radius 3 is 2.53 bits per heavy atom. The van der Waals surface area contributed by atoms with Gasteiger partial charge in [0.05, 0.1) is 11.1 Å². The van der Waals surface area contributed by atoms with E-state index < -0.39 is 23.3 Å². The monoisotopic (exact) mass is 309 g/mol. The molecule has 0 saturated heterocycles. The Morgan fingerprint density at radius 1 is 1.29 bits per heavy atom. The SMILES string of the molecule is O=C(c1c[nH]c2cc(F)cc(Br)c12)C(F)(F)F. The third kappa shape index (κ3) is 2.06. The molecule has 2 nitrogen and oxygen atoms in total. The lowest BCUT2D eigenvalue weighted by Gasteiger charge is -2.04. The predicted molar refractivity (Wildman–Crippen MR) is 56.3 cm³/mol. The van der Waals surface area contributed by atoms with Gasteiger partial charge in [0.25, 0.3) is 5.78 Å². The molecule has 7 heteroatoms. The molecule has 2 aromatic rings. The van der Waals surface area contributed by atoms with Gasteiger partial charge in [-0.1, -0.05) is 0 Å². The molecule has 0 fully saturated rings. The normalized spacial score (nSPS) is 12.1. The first-order valence-corrected chi connectivity index (χ1v) is 5.17. The fraction of sp³-hybridized carbons (Fsp3) is 0.100. The number of hydrogen-bond acceptors (Lipinski definition) is 1. The number of fused-ring (bicyclic) bond motifs is 1. The average Bonchev–Trinajstić information content (AvgIpc) is 2.58. The van der Waals surface area contributed by atoms with Crippen LogP contribution in [0.25, 0.3) is 10.9 Å². The highest BCUT2D eigenvalue weighted by molar-refractivity contribution is 9.10. The number of hydrogen-bond donors (Lipinski definition) is 1. The number of benzene rings is 1. The molecule has 0 bridgehead atoms. The van der Waals surface area contributed by atoms with Gasteiger partial charge in [0.2, 0.25) is 0 Å². The van der Waals surface area contributed by atoms with Gasteiger partial charge in [0, 0.05) is 16.1 Å². The van der Waals surface area contributed by atoms with Crippen molar-refractivity contribution < 1.29 is 22.4 Å². The topological polar surface area (TPSA) is 32.9 Å². The molecule has 1 aromatic heterocycles. The average molecular weight is 310 g/mol. The molecule has 0 amide bonds. The second kappa shape index (κ2) is 3.83. The number of H-pyrrole nitrogens is 1. The molecule has 2 rings (SSSR count). The zero-order valence-corrected chi connectivity index (χ0v) is 9.62. The smallest absolute Gasteiger partial charge is 0.360 e. The summed E-state index contributed by atoms with van der Waals surface area (Å²) in [5.41, 5.74) is -0.399. The van der Waals surface area contributed by atoms with E-state index in [2.05, 4.69) is 20.9 Å². The van der Waals surface area contributed by atoms with Gasteiger partial charge < -0.3 is 4.98 Å². The Labute approximate surface area is 101 Å². The minimum atomic E-state index is -4.96. The van der Waals surface area contributed by atoms with Crippen molar-refractivity contribution in [3.63, 3.8) is 0 Å². The van der Waals surface area contributed by atoms with Crippen LogP contribution in [-0.2, 0) is 0 Å². The van der Waals surface area contributed by atoms with Gasteiger partial charge in [0.1, 0.15) is 5.82 Å². The van der Waals surface area contributed by atoms with Crippen molar-refractivity contribution >= 4 is 32.6 Å². The summed E-state index contributed by atoms with van der Waals surface area (Å²) < 4.78 is 50.0. The number of nitrogens with one attached hydrogen (secondary N) is 1. The first kappa shape index (κ1) is 12.1. The zero-order valence-electron chi connectivity index (χ0n) is 8.03. The van der Waals surface area contributed by atoms with Gasteiger partial charge in [0.15, 0.2) is 0 Å². The fourth-order valence-corrected chi connectivity index (χ4v) is 2.16. The van der Waals surface area contributed by atoms with Gasteiger partial charge in [-0.2, -0.15) is 13.2 Å². The summed E-state index contributed by atoms with van der Waals surface area (Å²) >= 11 is 2.93. The lowest BCUT2D eigenvalue weighted by molar-refractivity contribution is -0.0884. The summed E-state index contributed by atoms with van der Waals surface area (Å²) in [4.78, 5) is 13.6. The molecule has 0 aliphatic rings. The Kier molecular flexibility index (Phi) is 2.73. The number of alkyl halides is 3. The van der Waals surface area contributed by atoms with Crippen molar-refractivity contribution in [1.29, 1.82) is 0 Å². The Balaban J connectivity index is 2.69. The van der Waals surface area contributed by atoms with Crippen LogP contribution in [0.3, 0.4) is 0 Å². The van der Waals surface area contributed by atoms with Gasteiger partial charge in [-0.3, -0.25) is 4.79 Å². The molecule has 0 aliphatic heterocycles. The summed E-state index contributed by atoms with van der Waals surface area (Å²) in [5.74, 6) is -2.58. The van der Waals surface area contributed by atoms with Gasteiger partial charge >= 0.3 is 6.18 Å². The second-order valence-electron chi connectivity index (χ2n) is 3.34. The first-order chi connectivity index (χ1) is 7.80. The molecule has 0 radical (unpaired) electrons. The van der Waals surface area contributed by atoms with E-state index in [0.29, 0.717) is 0 Å². The summed E-state index contributed by atoms with van der Waals surface area (Å²) in [7, 11) is 0. The number of aromatic nitrogens is 1. The maximum atomic E-state index is 13.0. The van der Waals surface area contributed by atoms with E-state index >= 15 is 0 Å². The maximum Gasteiger partial charge on any atom is 0.454 e. The highest BCUT2D eigenvalue weighted by Crippen LogP contribution is 2.32. The van der Waals surface area contributed by atoms with E-state index in [1.165, 1.54) is 0 Å². The summed E-state index contributed by atoms with van der Waals surface area (Å²) in [6, 6.07) is 2.02. The maximum absolute atomic E-state index is 13.0. The van der Waals surface area contributed by atoms with E-state index in [1.54, 1.807) is 0 Å². The summed E-state index contributed by atoms with van der Waals surface area (Å²) in [6.45, 7) is 0. The van der Waals surface area contributed by atoms with E-state index in [4.69, 9.17) is 0 Å². The molecular formula is C10H4BrF4NO. The summed E-state index contributed by atoms with van der Waals surface area (Å²) in [6.07, 6.45) is -4.03. The van der Waals surface area contributed by atoms with E-state index in [9.17, 15) is 22.4 Å².